The lowest BCUT2D eigenvalue weighted by atomic mass is 10.2. The number of imidazole rings is 1. The lowest BCUT2D eigenvalue weighted by Crippen LogP contribution is -2.14. The number of para-hydroxylation sites is 3. The second kappa shape index (κ2) is 4.54. The number of aromatic nitrogens is 3. The highest BCUT2D eigenvalue weighted by Crippen LogP contribution is 2.25. The minimum atomic E-state index is -0.0317. The quantitative estimate of drug-likeness (QED) is 0.471. The molecule has 5 aromatic rings. The molecular weight excluding hydrogens is 306 g/mol. The summed E-state index contributed by atoms with van der Waals surface area (Å²) in [6, 6.07) is 17.4. The van der Waals surface area contributed by atoms with Crippen molar-refractivity contribution in [2.45, 2.75) is 0 Å². The fraction of sp³-hybridized carbons (Fsp3) is 0. The fourth-order valence-electron chi connectivity index (χ4n) is 3.08. The van der Waals surface area contributed by atoms with Gasteiger partial charge in [-0.15, -0.1) is 0 Å². The summed E-state index contributed by atoms with van der Waals surface area (Å²) in [7, 11) is 0. The van der Waals surface area contributed by atoms with Crippen molar-refractivity contribution < 1.29 is 0 Å². The molecule has 0 bridgehead atoms. The van der Waals surface area contributed by atoms with Crippen LogP contribution in [0.5, 0.6) is 0 Å². The average Bonchev–Trinajstić information content (AvgIpc) is 3.20. The molecule has 110 valence electrons. The largest absolute Gasteiger partial charge is 0.277 e. The molecule has 3 aromatic heterocycles. The Morgan fingerprint density at radius 3 is 2.52 bits per heavy atom. The van der Waals surface area contributed by atoms with Crippen molar-refractivity contribution in [2.75, 3.05) is 0 Å². The first kappa shape index (κ1) is 12.6. The molecule has 5 heteroatoms. The SMILES string of the molecule is O=c1c2ccccc2nc2n(-c3ccsc3)c3ccccc3n12. The van der Waals surface area contributed by atoms with Crippen LogP contribution in [0.4, 0.5) is 0 Å². The van der Waals surface area contributed by atoms with Gasteiger partial charge in [0.15, 0.2) is 0 Å². The van der Waals surface area contributed by atoms with E-state index in [-0.39, 0.29) is 5.56 Å². The van der Waals surface area contributed by atoms with Gasteiger partial charge in [-0.1, -0.05) is 24.3 Å². The van der Waals surface area contributed by atoms with Crippen LogP contribution in [0.1, 0.15) is 0 Å². The third-order valence-corrected chi connectivity index (χ3v) is 4.76. The molecule has 0 amide bonds. The van der Waals surface area contributed by atoms with E-state index in [9.17, 15) is 4.79 Å². The number of fused-ring (bicyclic) bond motifs is 4. The molecule has 4 nitrogen and oxygen atoms in total. The van der Waals surface area contributed by atoms with Crippen molar-refractivity contribution in [3.05, 3.63) is 75.7 Å². The zero-order valence-corrected chi connectivity index (χ0v) is 12.8. The van der Waals surface area contributed by atoms with Gasteiger partial charge < -0.3 is 0 Å². The van der Waals surface area contributed by atoms with E-state index in [2.05, 4.69) is 5.38 Å². The smallest absolute Gasteiger partial charge is 0.267 e. The Morgan fingerprint density at radius 1 is 0.913 bits per heavy atom. The van der Waals surface area contributed by atoms with E-state index in [0.29, 0.717) is 11.2 Å². The summed E-state index contributed by atoms with van der Waals surface area (Å²) >= 11 is 1.63. The van der Waals surface area contributed by atoms with Gasteiger partial charge in [-0.25, -0.2) is 9.38 Å². The molecule has 3 heterocycles. The maximum absolute atomic E-state index is 13.0. The van der Waals surface area contributed by atoms with Gasteiger partial charge >= 0.3 is 0 Å². The van der Waals surface area contributed by atoms with Crippen LogP contribution in [0.25, 0.3) is 33.4 Å². The summed E-state index contributed by atoms with van der Waals surface area (Å²) in [5, 5.41) is 4.73. The summed E-state index contributed by atoms with van der Waals surface area (Å²) < 4.78 is 3.75. The highest BCUT2D eigenvalue weighted by Gasteiger charge is 2.16. The Morgan fingerprint density at radius 2 is 1.70 bits per heavy atom. The number of nitrogens with zero attached hydrogens (tertiary/aromatic N) is 3. The lowest BCUT2D eigenvalue weighted by Gasteiger charge is -2.03. The molecule has 0 fully saturated rings. The first-order chi connectivity index (χ1) is 11.3. The minimum absolute atomic E-state index is 0.0317. The van der Waals surface area contributed by atoms with Crippen LogP contribution < -0.4 is 5.56 Å². The van der Waals surface area contributed by atoms with Gasteiger partial charge in [0.25, 0.3) is 5.56 Å². The van der Waals surface area contributed by atoms with Crippen molar-refractivity contribution in [3.8, 4) is 5.69 Å². The Hall–Kier alpha value is -2.92. The van der Waals surface area contributed by atoms with Crippen LogP contribution in [0.15, 0.2) is 70.2 Å². The van der Waals surface area contributed by atoms with Crippen LogP contribution in [0.3, 0.4) is 0 Å². The number of benzene rings is 2. The summed E-state index contributed by atoms with van der Waals surface area (Å²) in [5.74, 6) is 0.647. The van der Waals surface area contributed by atoms with Crippen LogP contribution in [0, 0.1) is 0 Å². The minimum Gasteiger partial charge on any atom is -0.277 e. The molecule has 0 saturated carbocycles. The van der Waals surface area contributed by atoms with Gasteiger partial charge in [0.05, 0.1) is 27.6 Å². The van der Waals surface area contributed by atoms with Gasteiger partial charge in [0, 0.05) is 5.38 Å². The molecule has 0 radical (unpaired) electrons. The normalized spacial score (nSPS) is 11.7. The second-order valence-corrected chi connectivity index (χ2v) is 6.16. The zero-order chi connectivity index (χ0) is 15.4. The second-order valence-electron chi connectivity index (χ2n) is 5.38. The maximum atomic E-state index is 13.0. The van der Waals surface area contributed by atoms with Crippen molar-refractivity contribution in [2.24, 2.45) is 0 Å². The Bertz CT molecular complexity index is 1230. The Balaban J connectivity index is 2.13. The van der Waals surface area contributed by atoms with Gasteiger partial charge in [-0.3, -0.25) is 9.36 Å². The van der Waals surface area contributed by atoms with Crippen molar-refractivity contribution in [1.82, 2.24) is 14.0 Å². The fourth-order valence-corrected chi connectivity index (χ4v) is 3.70. The molecule has 5 rings (SSSR count). The van der Waals surface area contributed by atoms with Crippen molar-refractivity contribution in [3.63, 3.8) is 0 Å². The van der Waals surface area contributed by atoms with Crippen molar-refractivity contribution >= 4 is 39.1 Å². The summed E-state index contributed by atoms with van der Waals surface area (Å²) in [6.07, 6.45) is 0. The van der Waals surface area contributed by atoms with Crippen molar-refractivity contribution in [1.29, 1.82) is 0 Å². The number of hydrogen-bond donors (Lipinski definition) is 0. The summed E-state index contributed by atoms with van der Waals surface area (Å²) in [4.78, 5) is 17.8. The molecule has 0 atom stereocenters. The van der Waals surface area contributed by atoms with E-state index in [1.807, 2.05) is 64.5 Å². The molecule has 2 aromatic carbocycles. The van der Waals surface area contributed by atoms with Crippen LogP contribution >= 0.6 is 11.3 Å². The first-order valence-electron chi connectivity index (χ1n) is 7.28. The first-order valence-corrected chi connectivity index (χ1v) is 8.22. The van der Waals surface area contributed by atoms with Crippen LogP contribution in [-0.4, -0.2) is 14.0 Å². The van der Waals surface area contributed by atoms with Crippen LogP contribution in [0.2, 0.25) is 0 Å². The van der Waals surface area contributed by atoms with E-state index in [4.69, 9.17) is 4.98 Å². The third kappa shape index (κ3) is 1.65. The standard InChI is InChI=1S/C18H11N3OS/c22-17-13-5-1-2-6-14(13)19-18-20(12-9-10-23-11-12)15-7-3-4-8-16(15)21(17)18/h1-11H. The Labute approximate surface area is 134 Å². The van der Waals surface area contributed by atoms with Gasteiger partial charge in [-0.2, -0.15) is 11.3 Å². The molecule has 0 aliphatic heterocycles. The zero-order valence-electron chi connectivity index (χ0n) is 12.0. The average molecular weight is 317 g/mol. The molecule has 0 aliphatic carbocycles. The third-order valence-electron chi connectivity index (χ3n) is 4.09. The van der Waals surface area contributed by atoms with E-state index in [0.717, 1.165) is 22.2 Å². The predicted octanol–water partition coefficient (Wildman–Crippen LogP) is 3.85. The molecule has 23 heavy (non-hydrogen) atoms. The topological polar surface area (TPSA) is 39.3 Å². The van der Waals surface area contributed by atoms with E-state index < -0.39 is 0 Å². The summed E-state index contributed by atoms with van der Waals surface area (Å²) in [6.45, 7) is 0. The molecule has 0 saturated heterocycles. The van der Waals surface area contributed by atoms with Crippen LogP contribution in [-0.2, 0) is 0 Å². The number of thiophene rings is 1. The van der Waals surface area contributed by atoms with E-state index in [1.165, 1.54) is 0 Å². The predicted molar refractivity (Wildman–Crippen MR) is 93.7 cm³/mol. The lowest BCUT2D eigenvalue weighted by molar-refractivity contribution is 1.05. The van der Waals surface area contributed by atoms with E-state index in [1.54, 1.807) is 15.7 Å². The highest BCUT2D eigenvalue weighted by molar-refractivity contribution is 7.08. The monoisotopic (exact) mass is 317 g/mol. The van der Waals surface area contributed by atoms with Gasteiger partial charge in [0.1, 0.15) is 0 Å². The molecular formula is C18H11N3OS. The number of hydrogen-bond acceptors (Lipinski definition) is 3. The highest BCUT2D eigenvalue weighted by atomic mass is 32.1. The van der Waals surface area contributed by atoms with Gasteiger partial charge in [-0.05, 0) is 35.7 Å². The molecule has 0 N–H and O–H groups in total. The van der Waals surface area contributed by atoms with E-state index >= 15 is 0 Å². The van der Waals surface area contributed by atoms with Gasteiger partial charge in [0.2, 0.25) is 5.78 Å². The Kier molecular flexibility index (Phi) is 2.49. The summed E-state index contributed by atoms with van der Waals surface area (Å²) in [5.41, 5.74) is 3.56. The maximum Gasteiger partial charge on any atom is 0.267 e. The molecule has 0 aliphatic rings. The number of rotatable bonds is 1. The molecule has 0 unspecified atom stereocenters. The molecule has 0 spiro atoms.